The first-order chi connectivity index (χ1) is 17.6. The first-order valence-corrected chi connectivity index (χ1v) is 14.2. The van der Waals surface area contributed by atoms with Crippen LogP contribution in [-0.2, 0) is 35.4 Å². The van der Waals surface area contributed by atoms with Crippen LogP contribution in [0.3, 0.4) is 0 Å². The fourth-order valence-corrected chi connectivity index (χ4v) is 7.97. The molecule has 2 atom stereocenters. The van der Waals surface area contributed by atoms with Crippen molar-refractivity contribution in [3.8, 4) is 5.75 Å². The number of aryl methyl sites for hydroxylation is 1. The zero-order valence-corrected chi connectivity index (χ0v) is 21.7. The second kappa shape index (κ2) is 8.72. The highest BCUT2D eigenvalue weighted by Crippen LogP contribution is 2.58. The number of ether oxygens (including phenoxy) is 1. The molecule has 3 aromatic carbocycles. The van der Waals surface area contributed by atoms with Crippen molar-refractivity contribution in [1.29, 1.82) is 0 Å². The summed E-state index contributed by atoms with van der Waals surface area (Å²) in [5, 5.41) is 0. The van der Waals surface area contributed by atoms with Crippen LogP contribution in [0.1, 0.15) is 18.1 Å². The van der Waals surface area contributed by atoms with Gasteiger partial charge < -0.3 is 8.92 Å². The third-order valence-corrected chi connectivity index (χ3v) is 9.57. The predicted molar refractivity (Wildman–Crippen MR) is 136 cm³/mol. The molecule has 192 valence electrons. The van der Waals surface area contributed by atoms with Gasteiger partial charge in [-0.2, -0.15) is 8.42 Å². The monoisotopic (exact) mass is 540 g/mol. The zero-order valence-electron chi connectivity index (χ0n) is 20.1. The largest absolute Gasteiger partial charge is 0.464 e. The molecule has 1 fully saturated rings. The van der Waals surface area contributed by atoms with E-state index in [1.807, 2.05) is 6.92 Å². The molecule has 5 rings (SSSR count). The van der Waals surface area contributed by atoms with Gasteiger partial charge in [-0.3, -0.25) is 0 Å². The summed E-state index contributed by atoms with van der Waals surface area (Å²) in [6, 6.07) is 20.4. The Morgan fingerprint density at radius 2 is 1.68 bits per heavy atom. The van der Waals surface area contributed by atoms with E-state index < -0.39 is 38.0 Å². The van der Waals surface area contributed by atoms with Crippen molar-refractivity contribution in [2.75, 3.05) is 10.9 Å². The Morgan fingerprint density at radius 1 is 1.05 bits per heavy atom. The van der Waals surface area contributed by atoms with Gasteiger partial charge in [0.25, 0.3) is 10.0 Å². The van der Waals surface area contributed by atoms with Crippen molar-refractivity contribution in [3.05, 3.63) is 102 Å². The number of anilines is 1. The third kappa shape index (κ3) is 3.57. The molecule has 0 bridgehead atoms. The molecule has 0 unspecified atom stereocenters. The van der Waals surface area contributed by atoms with E-state index >= 15 is 0 Å². The number of esters is 1. The number of sulfonamides is 1. The van der Waals surface area contributed by atoms with Gasteiger partial charge in [-0.05, 0) is 49.8 Å². The number of fused-ring (bicyclic) bond motifs is 3. The topological polar surface area (TPSA) is 110 Å². The Balaban J connectivity index is 1.76. The molecule has 0 radical (unpaired) electrons. The molecule has 0 aromatic heterocycles. The molecule has 0 saturated carbocycles. The van der Waals surface area contributed by atoms with E-state index in [4.69, 9.17) is 8.92 Å². The molecule has 0 spiro atoms. The number of para-hydroxylation sites is 2. The number of carbonyl (C=O) groups is 1. The summed E-state index contributed by atoms with van der Waals surface area (Å²) < 4.78 is 67.6. The quantitative estimate of drug-likeness (QED) is 0.348. The van der Waals surface area contributed by atoms with E-state index in [2.05, 4.69) is 6.58 Å². The number of benzene rings is 3. The molecule has 3 aromatic rings. The van der Waals surface area contributed by atoms with E-state index in [1.165, 1.54) is 36.4 Å². The summed E-state index contributed by atoms with van der Waals surface area (Å²) >= 11 is 0. The summed E-state index contributed by atoms with van der Waals surface area (Å²) in [5.41, 5.74) is -0.747. The van der Waals surface area contributed by atoms with Gasteiger partial charge >= 0.3 is 16.3 Å². The maximum atomic E-state index is 14.1. The van der Waals surface area contributed by atoms with Gasteiger partial charge in [-0.15, -0.1) is 4.31 Å². The molecule has 9 nitrogen and oxygen atoms in total. The van der Waals surface area contributed by atoms with Crippen LogP contribution < -0.4 is 8.49 Å². The molecule has 37 heavy (non-hydrogen) atoms. The molecule has 0 aliphatic carbocycles. The first kappa shape index (κ1) is 25.0. The zero-order chi connectivity index (χ0) is 26.6. The summed E-state index contributed by atoms with van der Waals surface area (Å²) in [5.74, 6) is -0.949. The lowest BCUT2D eigenvalue weighted by Crippen LogP contribution is -2.77. The molecule has 2 heterocycles. The van der Waals surface area contributed by atoms with E-state index in [1.54, 1.807) is 49.4 Å². The molecule has 2 aliphatic heterocycles. The van der Waals surface area contributed by atoms with Crippen LogP contribution in [0.25, 0.3) is 0 Å². The van der Waals surface area contributed by atoms with Crippen molar-refractivity contribution in [3.63, 3.8) is 0 Å². The summed E-state index contributed by atoms with van der Waals surface area (Å²) in [6.45, 7) is 7.45. The first-order valence-electron chi connectivity index (χ1n) is 11.4. The molecule has 2 aliphatic rings. The standard InChI is InChI=1S/C26H24N2O7S2/c1-4-34-25(29)26-19(3)24(28(26)37(32,33)35-23-13-9-8-12-22(23)26)27(20-10-6-5-7-11-20)36(30,31)21-16-14-18(2)15-17-21/h5-17,24H,3-4H2,1-2H3/t24-,26-/m0/s1. The maximum Gasteiger partial charge on any atom is 0.388 e. The van der Waals surface area contributed by atoms with E-state index in [0.717, 1.165) is 14.2 Å². The van der Waals surface area contributed by atoms with Crippen LogP contribution >= 0.6 is 0 Å². The minimum absolute atomic E-state index is 0.0183. The SMILES string of the molecule is C=C1[C@@H](N(c2ccccc2)S(=O)(=O)c2ccc(C)cc2)N2[C@]1(C(=O)OCC)c1ccccc1OS2(=O)=O. The fourth-order valence-electron chi connectivity index (χ4n) is 4.77. The number of hydrogen-bond donors (Lipinski definition) is 0. The van der Waals surface area contributed by atoms with Gasteiger partial charge in [0.05, 0.1) is 17.2 Å². The van der Waals surface area contributed by atoms with Crippen molar-refractivity contribution in [1.82, 2.24) is 4.31 Å². The van der Waals surface area contributed by atoms with Gasteiger partial charge in [0.1, 0.15) is 11.9 Å². The van der Waals surface area contributed by atoms with E-state index in [0.29, 0.717) is 0 Å². The molecular weight excluding hydrogens is 516 g/mol. The van der Waals surface area contributed by atoms with E-state index in [9.17, 15) is 21.6 Å². The van der Waals surface area contributed by atoms with Crippen molar-refractivity contribution in [2.45, 2.75) is 30.4 Å². The van der Waals surface area contributed by atoms with E-state index in [-0.39, 0.29) is 34.1 Å². The molecule has 11 heteroatoms. The Morgan fingerprint density at radius 3 is 2.32 bits per heavy atom. The maximum absolute atomic E-state index is 14.1. The lowest BCUT2D eigenvalue weighted by molar-refractivity contribution is -0.159. The van der Waals surface area contributed by atoms with Gasteiger partial charge in [0, 0.05) is 5.56 Å². The molecule has 1 saturated heterocycles. The van der Waals surface area contributed by atoms with Gasteiger partial charge in [-0.25, -0.2) is 17.5 Å². The smallest absolute Gasteiger partial charge is 0.388 e. The number of carbonyl (C=O) groups excluding carboxylic acids is 1. The molecule has 0 N–H and O–H groups in total. The van der Waals surface area contributed by atoms with Crippen molar-refractivity contribution in [2.24, 2.45) is 0 Å². The average molecular weight is 541 g/mol. The van der Waals surface area contributed by atoms with Crippen LogP contribution in [0.2, 0.25) is 0 Å². The third-order valence-electron chi connectivity index (χ3n) is 6.42. The summed E-state index contributed by atoms with van der Waals surface area (Å²) in [6.07, 6.45) is -1.50. The summed E-state index contributed by atoms with van der Waals surface area (Å²) in [7, 11) is -9.03. The second-order valence-electron chi connectivity index (χ2n) is 8.61. The highest BCUT2D eigenvalue weighted by molar-refractivity contribution is 7.93. The minimum Gasteiger partial charge on any atom is -0.464 e. The fraction of sp³-hybridized carbons (Fsp3) is 0.192. The summed E-state index contributed by atoms with van der Waals surface area (Å²) in [4.78, 5) is 13.4. The Hall–Kier alpha value is -3.67. The van der Waals surface area contributed by atoms with Crippen LogP contribution in [0.5, 0.6) is 5.75 Å². The molecular formula is C26H24N2O7S2. The number of hydrogen-bond acceptors (Lipinski definition) is 7. The highest BCUT2D eigenvalue weighted by atomic mass is 32.2. The Labute approximate surface area is 215 Å². The van der Waals surface area contributed by atoms with Gasteiger partial charge in [-0.1, -0.05) is 60.7 Å². The van der Waals surface area contributed by atoms with Crippen LogP contribution in [0, 0.1) is 6.92 Å². The van der Waals surface area contributed by atoms with Crippen LogP contribution in [0.15, 0.2) is 95.9 Å². The normalized spacial score (nSPS) is 22.1. The predicted octanol–water partition coefficient (Wildman–Crippen LogP) is 3.48. The number of nitrogens with zero attached hydrogens (tertiary/aromatic N) is 2. The molecule has 0 amide bonds. The Kier molecular flexibility index (Phi) is 5.89. The van der Waals surface area contributed by atoms with Gasteiger partial charge in [0.15, 0.2) is 5.54 Å². The average Bonchev–Trinajstić information content (AvgIpc) is 2.86. The van der Waals surface area contributed by atoms with Crippen LogP contribution in [-0.4, -0.2) is 39.9 Å². The van der Waals surface area contributed by atoms with Gasteiger partial charge in [0.2, 0.25) is 0 Å². The van der Waals surface area contributed by atoms with Crippen molar-refractivity contribution >= 4 is 32.0 Å². The van der Waals surface area contributed by atoms with Crippen molar-refractivity contribution < 1.29 is 30.6 Å². The highest BCUT2D eigenvalue weighted by Gasteiger charge is 2.73. The lowest BCUT2D eigenvalue weighted by atomic mass is 9.73. The number of rotatable bonds is 6. The Bertz CT molecular complexity index is 1600. The minimum atomic E-state index is -4.68. The van der Waals surface area contributed by atoms with Crippen LogP contribution in [0.4, 0.5) is 5.69 Å². The lowest BCUT2D eigenvalue weighted by Gasteiger charge is -2.59. The second-order valence-corrected chi connectivity index (χ2v) is 11.8.